The topological polar surface area (TPSA) is 414 Å². The minimum Gasteiger partial charge on any atom is -0.508 e. The number of phenols is 4. The Labute approximate surface area is 418 Å². The average Bonchev–Trinajstić information content (AvgIpc) is 3.36. The number of carbonyl (C=O) groups excluding carboxylic acids is 1. The van der Waals surface area contributed by atoms with Gasteiger partial charge >= 0.3 is 5.97 Å². The first kappa shape index (κ1) is 54.5. The maximum absolute atomic E-state index is 14.9. The van der Waals surface area contributed by atoms with Gasteiger partial charge in [-0.15, -0.1) is 0 Å². The monoisotopic (exact) mass is 1050 g/mol. The zero-order valence-electron chi connectivity index (χ0n) is 39.3. The summed E-state index contributed by atoms with van der Waals surface area (Å²) in [4.78, 5) is 28.6. The van der Waals surface area contributed by atoms with Crippen molar-refractivity contribution in [3.63, 3.8) is 0 Å². The van der Waals surface area contributed by atoms with Gasteiger partial charge in [0.25, 0.3) is 0 Å². The molecule has 0 spiro atoms. The Kier molecular flexibility index (Phi) is 16.4. The first-order chi connectivity index (χ1) is 35.0. The maximum atomic E-state index is 14.9. The van der Waals surface area contributed by atoms with Crippen LogP contribution >= 0.6 is 0 Å². The minimum absolute atomic E-state index is 0.0801. The maximum Gasteiger partial charge on any atom is 0.331 e. The molecule has 0 saturated carbocycles. The average molecular weight is 1050 g/mol. The van der Waals surface area contributed by atoms with Crippen LogP contribution in [0.3, 0.4) is 0 Å². The van der Waals surface area contributed by atoms with E-state index in [4.69, 9.17) is 47.0 Å². The number of carbonyl (C=O) groups is 1. The van der Waals surface area contributed by atoms with Crippen molar-refractivity contribution < 1.29 is 123 Å². The number of hydrogen-bond donors (Lipinski definition) is 14. The van der Waals surface area contributed by atoms with Crippen molar-refractivity contribution in [2.75, 3.05) is 6.61 Å². The number of aliphatic hydroxyl groups excluding tert-OH is 10. The summed E-state index contributed by atoms with van der Waals surface area (Å²) in [5.41, 5.74) is -1.49. The lowest BCUT2D eigenvalue weighted by Crippen LogP contribution is -2.66. The van der Waals surface area contributed by atoms with Crippen LogP contribution in [0.25, 0.3) is 28.4 Å². The summed E-state index contributed by atoms with van der Waals surface area (Å²) in [6.45, 7) is 3.25. The standard InChI is InChI=1S/C48H56O26/c1-16-30(54)35(59)38(62)45(66-16)65-15-27-33(57)42(72-28(53)11-6-19-4-8-21(49)9-5-19)44(74-47-40(64)37(61)32(56)18(3)68-47)48(71-27)73-43-34(58)29-25(52)13-22(69-46-39(63)36(60)31(55)17(2)67-46)14-26(29)70-41(43)20-7-10-23(50)24(51)12-20/h4-14,16-18,27,30-33,35-40,42,44-52,54-57,59-64H,15H2,1-3H3/t16-,17-,18-,27-,30-,31-,32-,33+,35+,36+,37+,38+,39+,40+,42+,44-,45+,46-,47+,48+/m1/s1. The predicted octanol–water partition coefficient (Wildman–Crippen LogP) is -2.36. The van der Waals surface area contributed by atoms with Crippen LogP contribution < -0.4 is 14.9 Å². The van der Waals surface area contributed by atoms with Gasteiger partial charge in [-0.1, -0.05) is 12.1 Å². The highest BCUT2D eigenvalue weighted by Crippen LogP contribution is 2.41. The van der Waals surface area contributed by atoms with Crippen LogP contribution in [0.2, 0.25) is 0 Å². The Morgan fingerprint density at radius 3 is 1.78 bits per heavy atom. The molecule has 74 heavy (non-hydrogen) atoms. The highest BCUT2D eigenvalue weighted by atomic mass is 16.8. The van der Waals surface area contributed by atoms with E-state index in [0.717, 1.165) is 36.4 Å². The van der Waals surface area contributed by atoms with Crippen LogP contribution in [0.5, 0.6) is 34.5 Å². The van der Waals surface area contributed by atoms with E-state index in [-0.39, 0.29) is 17.1 Å². The van der Waals surface area contributed by atoms with Crippen LogP contribution in [0.1, 0.15) is 26.3 Å². The number of ether oxygens (including phenoxy) is 9. The summed E-state index contributed by atoms with van der Waals surface area (Å²) < 4.78 is 58.9. The van der Waals surface area contributed by atoms with Gasteiger partial charge in [-0.05, 0) is 62.7 Å². The fraction of sp³-hybridized carbons (Fsp3) is 0.500. The van der Waals surface area contributed by atoms with E-state index in [2.05, 4.69) is 0 Å². The summed E-state index contributed by atoms with van der Waals surface area (Å²) >= 11 is 0. The van der Waals surface area contributed by atoms with Crippen LogP contribution in [-0.4, -0.2) is 207 Å². The van der Waals surface area contributed by atoms with Gasteiger partial charge in [0.15, 0.2) is 42.0 Å². The van der Waals surface area contributed by atoms with Crippen molar-refractivity contribution in [1.29, 1.82) is 0 Å². The second-order valence-electron chi connectivity index (χ2n) is 18.2. The van der Waals surface area contributed by atoms with Crippen molar-refractivity contribution in [3.8, 4) is 45.8 Å². The zero-order chi connectivity index (χ0) is 53.6. The molecule has 4 aromatic rings. The molecule has 0 unspecified atom stereocenters. The minimum atomic E-state index is -2.20. The summed E-state index contributed by atoms with van der Waals surface area (Å²) in [6.07, 6.45) is -32.5. The molecule has 5 heterocycles. The number of phenolic OH excluding ortho intramolecular Hbond substituents is 4. The second-order valence-corrected chi connectivity index (χ2v) is 18.2. The smallest absolute Gasteiger partial charge is 0.331 e. The number of esters is 1. The first-order valence-corrected chi connectivity index (χ1v) is 23.1. The number of fused-ring (bicyclic) bond motifs is 1. The van der Waals surface area contributed by atoms with Crippen molar-refractivity contribution in [2.24, 2.45) is 0 Å². The highest BCUT2D eigenvalue weighted by Gasteiger charge is 2.54. The van der Waals surface area contributed by atoms with Crippen molar-refractivity contribution >= 4 is 23.0 Å². The fourth-order valence-electron chi connectivity index (χ4n) is 8.60. The fourth-order valence-corrected chi connectivity index (χ4v) is 8.60. The molecule has 20 atom stereocenters. The Hall–Kier alpha value is -5.76. The highest BCUT2D eigenvalue weighted by molar-refractivity contribution is 5.89. The lowest BCUT2D eigenvalue weighted by Gasteiger charge is -2.47. The van der Waals surface area contributed by atoms with Crippen molar-refractivity contribution in [2.45, 2.75) is 144 Å². The molecular formula is C48H56O26. The lowest BCUT2D eigenvalue weighted by atomic mass is 9.97. The van der Waals surface area contributed by atoms with Crippen LogP contribution in [-0.2, 0) is 38.0 Å². The molecule has 4 fully saturated rings. The molecule has 26 nitrogen and oxygen atoms in total. The van der Waals surface area contributed by atoms with Gasteiger partial charge in [0.2, 0.25) is 23.8 Å². The molecule has 4 aliphatic rings. The molecule has 1 aromatic heterocycles. The molecule has 3 aromatic carbocycles. The number of benzene rings is 3. The number of aliphatic hydroxyl groups is 10. The summed E-state index contributed by atoms with van der Waals surface area (Å²) in [6, 6.07) is 10.6. The van der Waals surface area contributed by atoms with Gasteiger partial charge < -0.3 is 119 Å². The third kappa shape index (κ3) is 11.1. The van der Waals surface area contributed by atoms with Gasteiger partial charge in [0.05, 0.1) is 24.9 Å². The SMILES string of the molecule is C[C@H]1O[C@@H](O[C@H]2[C@H](Oc3c(-c4ccc(O)c(O)c4)oc4cc(O[C@H]5O[C@H](C)[C@@H](O)[C@H](O)[C@@H]5O)cc(O)c4c3=O)O[C@H](CO[C@H]3O[C@H](C)[C@@H](O)[C@H](O)[C@@H]3O)[C@H](O)[C@@H]2OC(=O)C=Cc2ccc(O)cc2)[C@@H](O)[C@@H](O)[C@@H]1O. The molecular weight excluding hydrogens is 993 g/mol. The molecule has 14 N–H and O–H groups in total. The zero-order valence-corrected chi connectivity index (χ0v) is 39.3. The third-order valence-electron chi connectivity index (χ3n) is 12.9. The molecule has 4 aliphatic heterocycles. The third-order valence-corrected chi connectivity index (χ3v) is 12.9. The van der Waals surface area contributed by atoms with Gasteiger partial charge in [-0.2, -0.15) is 0 Å². The van der Waals surface area contributed by atoms with E-state index in [9.17, 15) is 81.1 Å². The van der Waals surface area contributed by atoms with Gasteiger partial charge in [0.1, 0.15) is 95.4 Å². The lowest BCUT2D eigenvalue weighted by molar-refractivity contribution is -0.360. The van der Waals surface area contributed by atoms with Gasteiger partial charge in [0, 0.05) is 23.8 Å². The summed E-state index contributed by atoms with van der Waals surface area (Å²) in [5, 5.41) is 149. The normalized spacial score (nSPS) is 36.7. The Balaban J connectivity index is 1.23. The van der Waals surface area contributed by atoms with Crippen LogP contribution in [0.4, 0.5) is 0 Å². The van der Waals surface area contributed by atoms with Crippen molar-refractivity contribution in [3.05, 3.63) is 76.5 Å². The Morgan fingerprint density at radius 1 is 0.581 bits per heavy atom. The summed E-state index contributed by atoms with van der Waals surface area (Å²) in [7, 11) is 0. The van der Waals surface area contributed by atoms with Crippen LogP contribution in [0.15, 0.2) is 69.9 Å². The largest absolute Gasteiger partial charge is 0.508 e. The van der Waals surface area contributed by atoms with E-state index >= 15 is 0 Å². The van der Waals surface area contributed by atoms with Gasteiger partial charge in [-0.3, -0.25) is 4.79 Å². The van der Waals surface area contributed by atoms with E-state index in [1.165, 1.54) is 51.1 Å². The second kappa shape index (κ2) is 22.2. The van der Waals surface area contributed by atoms with E-state index < -0.39 is 181 Å². The van der Waals surface area contributed by atoms with E-state index in [1.807, 2.05) is 0 Å². The first-order valence-electron chi connectivity index (χ1n) is 23.1. The van der Waals surface area contributed by atoms with Gasteiger partial charge in [-0.25, -0.2) is 4.79 Å². The van der Waals surface area contributed by atoms with Crippen molar-refractivity contribution in [1.82, 2.24) is 0 Å². The summed E-state index contributed by atoms with van der Waals surface area (Å²) in [5.74, 6) is -5.27. The molecule has 26 heteroatoms. The molecule has 4 saturated heterocycles. The Morgan fingerprint density at radius 2 is 1.16 bits per heavy atom. The molecule has 0 amide bonds. The number of hydrogen-bond acceptors (Lipinski definition) is 26. The predicted molar refractivity (Wildman–Crippen MR) is 244 cm³/mol. The van der Waals surface area contributed by atoms with E-state index in [0.29, 0.717) is 5.56 Å². The Bertz CT molecular complexity index is 2700. The molecule has 8 rings (SSSR count). The van der Waals surface area contributed by atoms with Crippen LogP contribution in [0, 0.1) is 0 Å². The quantitative estimate of drug-likeness (QED) is 0.0378. The van der Waals surface area contributed by atoms with E-state index in [1.54, 1.807) is 0 Å². The molecule has 0 radical (unpaired) electrons. The number of aromatic hydroxyl groups is 4. The molecule has 404 valence electrons. The molecule has 0 bridgehead atoms. The number of rotatable bonds is 13. The molecule has 0 aliphatic carbocycles.